The summed E-state index contributed by atoms with van der Waals surface area (Å²) in [5.74, 6) is -0.137. The van der Waals surface area contributed by atoms with Crippen LogP contribution in [0.4, 0.5) is 0 Å². The molecule has 0 N–H and O–H groups in total. The van der Waals surface area contributed by atoms with Crippen LogP contribution in [0.15, 0.2) is 0 Å². The van der Waals surface area contributed by atoms with Crippen LogP contribution in [0.25, 0.3) is 0 Å². The molecule has 0 aromatic heterocycles. The number of nitriles is 4. The van der Waals surface area contributed by atoms with Gasteiger partial charge < -0.3 is 0 Å². The Labute approximate surface area is 95.3 Å². The molecule has 1 aliphatic rings. The Balaban J connectivity index is 3.03. The third kappa shape index (κ3) is 1.25. The summed E-state index contributed by atoms with van der Waals surface area (Å²) >= 11 is 0. The molecule has 4 heteroatoms. The molecule has 4 nitrogen and oxygen atoms in total. The molecule has 0 heterocycles. The van der Waals surface area contributed by atoms with Gasteiger partial charge in [0, 0.05) is 0 Å². The summed E-state index contributed by atoms with van der Waals surface area (Å²) in [7, 11) is 0. The highest BCUT2D eigenvalue weighted by atomic mass is 14.7. The number of unbranched alkanes of at least 4 members (excludes halogenated alkanes) is 1. The van der Waals surface area contributed by atoms with E-state index in [0.717, 1.165) is 19.3 Å². The van der Waals surface area contributed by atoms with E-state index in [1.807, 2.05) is 31.2 Å². The lowest BCUT2D eigenvalue weighted by atomic mass is 9.45. The molecule has 1 rings (SSSR count). The number of hydrogen-bond acceptors (Lipinski definition) is 4. The summed E-state index contributed by atoms with van der Waals surface area (Å²) in [5.41, 5.74) is -2.85. The smallest absolute Gasteiger partial charge is 0.178 e. The number of nitrogens with zero attached hydrogens (tertiary/aromatic N) is 4. The van der Waals surface area contributed by atoms with Gasteiger partial charge in [-0.05, 0) is 18.8 Å². The Morgan fingerprint density at radius 3 is 2.00 bits per heavy atom. The molecule has 1 saturated carbocycles. The second-order valence-corrected chi connectivity index (χ2v) is 4.20. The lowest BCUT2D eigenvalue weighted by Gasteiger charge is -2.48. The van der Waals surface area contributed by atoms with E-state index in [1.165, 1.54) is 0 Å². The fraction of sp³-hybridized carbons (Fsp3) is 0.667. The molecule has 16 heavy (non-hydrogen) atoms. The minimum atomic E-state index is -1.42. The van der Waals surface area contributed by atoms with Gasteiger partial charge in [0.25, 0.3) is 0 Å². The molecule has 0 aliphatic heterocycles. The van der Waals surface area contributed by atoms with Crippen LogP contribution >= 0.6 is 0 Å². The maximum atomic E-state index is 9.13. The number of rotatable bonds is 3. The van der Waals surface area contributed by atoms with Crippen molar-refractivity contribution in [3.8, 4) is 24.3 Å². The molecule has 1 atom stereocenters. The van der Waals surface area contributed by atoms with Gasteiger partial charge in [-0.15, -0.1) is 0 Å². The van der Waals surface area contributed by atoms with Crippen molar-refractivity contribution in [3.05, 3.63) is 0 Å². The second kappa shape index (κ2) is 4.22. The zero-order valence-electron chi connectivity index (χ0n) is 9.19. The van der Waals surface area contributed by atoms with E-state index < -0.39 is 10.8 Å². The first kappa shape index (κ1) is 12.0. The van der Waals surface area contributed by atoms with Gasteiger partial charge in [0.2, 0.25) is 0 Å². The summed E-state index contributed by atoms with van der Waals surface area (Å²) in [4.78, 5) is 0. The summed E-state index contributed by atoms with van der Waals surface area (Å²) in [6.07, 6.45) is 2.99. The Morgan fingerprint density at radius 2 is 1.62 bits per heavy atom. The fourth-order valence-electron chi connectivity index (χ4n) is 2.36. The van der Waals surface area contributed by atoms with E-state index in [2.05, 4.69) is 0 Å². The van der Waals surface area contributed by atoms with E-state index in [0.29, 0.717) is 6.42 Å². The van der Waals surface area contributed by atoms with Crippen LogP contribution in [0.5, 0.6) is 0 Å². The van der Waals surface area contributed by atoms with Crippen molar-refractivity contribution in [3.63, 3.8) is 0 Å². The average Bonchev–Trinajstić information content (AvgIpc) is 2.31. The lowest BCUT2D eigenvalue weighted by molar-refractivity contribution is 0.0271. The van der Waals surface area contributed by atoms with Crippen LogP contribution in [0, 0.1) is 62.1 Å². The lowest BCUT2D eigenvalue weighted by Crippen LogP contribution is -2.55. The summed E-state index contributed by atoms with van der Waals surface area (Å²) in [5, 5.41) is 36.3. The van der Waals surface area contributed by atoms with Gasteiger partial charge in [-0.2, -0.15) is 21.0 Å². The first-order valence-electron chi connectivity index (χ1n) is 5.31. The first-order valence-corrected chi connectivity index (χ1v) is 5.31. The molecule has 1 aliphatic carbocycles. The van der Waals surface area contributed by atoms with E-state index in [9.17, 15) is 0 Å². The second-order valence-electron chi connectivity index (χ2n) is 4.20. The Morgan fingerprint density at radius 1 is 1.06 bits per heavy atom. The minimum absolute atomic E-state index is 0.137. The van der Waals surface area contributed by atoms with Crippen molar-refractivity contribution in [1.82, 2.24) is 0 Å². The van der Waals surface area contributed by atoms with Gasteiger partial charge in [0.1, 0.15) is 0 Å². The first-order chi connectivity index (χ1) is 7.66. The Bertz CT molecular complexity index is 410. The zero-order valence-corrected chi connectivity index (χ0v) is 9.19. The normalized spacial score (nSPS) is 23.9. The van der Waals surface area contributed by atoms with Gasteiger partial charge in [0.15, 0.2) is 10.8 Å². The van der Waals surface area contributed by atoms with Crippen LogP contribution < -0.4 is 0 Å². The molecule has 0 aromatic carbocycles. The highest BCUT2D eigenvalue weighted by Gasteiger charge is 2.68. The van der Waals surface area contributed by atoms with Crippen molar-refractivity contribution in [2.45, 2.75) is 32.6 Å². The minimum Gasteiger partial charge on any atom is -0.196 e. The van der Waals surface area contributed by atoms with Crippen LogP contribution in [-0.4, -0.2) is 0 Å². The third-order valence-corrected chi connectivity index (χ3v) is 3.48. The summed E-state index contributed by atoms with van der Waals surface area (Å²) < 4.78 is 0. The Kier molecular flexibility index (Phi) is 3.17. The van der Waals surface area contributed by atoms with E-state index in [-0.39, 0.29) is 5.92 Å². The predicted molar refractivity (Wildman–Crippen MR) is 55.0 cm³/mol. The molecule has 1 fully saturated rings. The van der Waals surface area contributed by atoms with E-state index in [4.69, 9.17) is 21.0 Å². The van der Waals surface area contributed by atoms with Crippen LogP contribution in [0.1, 0.15) is 32.6 Å². The molecule has 80 valence electrons. The van der Waals surface area contributed by atoms with Crippen molar-refractivity contribution in [1.29, 1.82) is 21.0 Å². The maximum absolute atomic E-state index is 9.13. The Hall–Kier alpha value is -2.04. The molecule has 0 amide bonds. The van der Waals surface area contributed by atoms with Crippen molar-refractivity contribution in [2.75, 3.05) is 0 Å². The van der Waals surface area contributed by atoms with Crippen LogP contribution in [-0.2, 0) is 0 Å². The van der Waals surface area contributed by atoms with Gasteiger partial charge >= 0.3 is 0 Å². The molecule has 0 aromatic rings. The molecule has 0 saturated heterocycles. The molecule has 0 spiro atoms. The van der Waals surface area contributed by atoms with E-state index >= 15 is 0 Å². The molecule has 0 bridgehead atoms. The van der Waals surface area contributed by atoms with Gasteiger partial charge in [0.05, 0.1) is 24.3 Å². The van der Waals surface area contributed by atoms with Gasteiger partial charge in [-0.3, -0.25) is 0 Å². The highest BCUT2D eigenvalue weighted by Crippen LogP contribution is 2.61. The topological polar surface area (TPSA) is 95.2 Å². The largest absolute Gasteiger partial charge is 0.196 e. The number of hydrogen-bond donors (Lipinski definition) is 0. The highest BCUT2D eigenvalue weighted by molar-refractivity contribution is 5.41. The molecule has 1 unspecified atom stereocenters. The molecular weight excluding hydrogens is 200 g/mol. The SMILES string of the molecule is CCCCC1CC(C#N)(C#N)C1(C#N)C#N. The average molecular weight is 212 g/mol. The van der Waals surface area contributed by atoms with Crippen LogP contribution in [0.2, 0.25) is 0 Å². The quantitative estimate of drug-likeness (QED) is 0.716. The molecular formula is C12H12N4. The van der Waals surface area contributed by atoms with Crippen molar-refractivity contribution in [2.24, 2.45) is 16.7 Å². The standard InChI is InChI=1S/C12H12N4/c1-2-3-4-10-5-11(6-13,7-14)12(10,8-15)9-16/h10H,2-5H2,1H3. The molecule has 0 radical (unpaired) electrons. The predicted octanol–water partition coefficient (Wildman–Crippen LogP) is 2.26. The monoisotopic (exact) mass is 212 g/mol. The fourth-order valence-corrected chi connectivity index (χ4v) is 2.36. The summed E-state index contributed by atoms with van der Waals surface area (Å²) in [6, 6.07) is 7.54. The van der Waals surface area contributed by atoms with Gasteiger partial charge in [-0.1, -0.05) is 19.8 Å². The van der Waals surface area contributed by atoms with E-state index in [1.54, 1.807) is 0 Å². The van der Waals surface area contributed by atoms with Crippen molar-refractivity contribution < 1.29 is 0 Å². The van der Waals surface area contributed by atoms with Crippen molar-refractivity contribution >= 4 is 0 Å². The zero-order chi connectivity index (χ0) is 12.2. The summed E-state index contributed by atoms with van der Waals surface area (Å²) in [6.45, 7) is 2.03. The third-order valence-electron chi connectivity index (χ3n) is 3.48. The maximum Gasteiger partial charge on any atom is 0.178 e. The van der Waals surface area contributed by atoms with Gasteiger partial charge in [-0.25, -0.2) is 0 Å². The van der Waals surface area contributed by atoms with Crippen LogP contribution in [0.3, 0.4) is 0 Å².